The summed E-state index contributed by atoms with van der Waals surface area (Å²) in [4.78, 5) is 5.59. The van der Waals surface area contributed by atoms with E-state index >= 15 is 0 Å². The molecule has 2 aliphatic heterocycles. The third-order valence-electron chi connectivity index (χ3n) is 3.70. The Hall–Kier alpha value is -1.39. The molecule has 1 N–H and O–H groups in total. The summed E-state index contributed by atoms with van der Waals surface area (Å²) in [5, 5.41) is 7.84. The zero-order valence-electron chi connectivity index (χ0n) is 11.0. The van der Waals surface area contributed by atoms with Gasteiger partial charge >= 0.3 is 0 Å². The maximum Gasteiger partial charge on any atom is 0.173 e. The molecule has 0 radical (unpaired) electrons. The lowest BCUT2D eigenvalue weighted by atomic mass is 9.89. The van der Waals surface area contributed by atoms with Gasteiger partial charge in [-0.2, -0.15) is 0 Å². The zero-order chi connectivity index (χ0) is 12.9. The van der Waals surface area contributed by atoms with Crippen LogP contribution in [0.1, 0.15) is 18.4 Å². The first kappa shape index (κ1) is 12.6. The SMILES string of the molecule is c1ccc(/C(=N\OC2COC2)C2CCNCC2)cc1. The smallest absolute Gasteiger partial charge is 0.173 e. The molecule has 4 heteroatoms. The van der Waals surface area contributed by atoms with Crippen LogP contribution < -0.4 is 5.32 Å². The fourth-order valence-corrected chi connectivity index (χ4v) is 2.47. The summed E-state index contributed by atoms with van der Waals surface area (Å²) in [6.07, 6.45) is 2.39. The molecule has 0 saturated carbocycles. The quantitative estimate of drug-likeness (QED) is 0.663. The van der Waals surface area contributed by atoms with Gasteiger partial charge in [-0.15, -0.1) is 0 Å². The Bertz CT molecular complexity index is 423. The van der Waals surface area contributed by atoms with Gasteiger partial charge in [-0.3, -0.25) is 0 Å². The predicted octanol–water partition coefficient (Wildman–Crippen LogP) is 1.81. The van der Waals surface area contributed by atoms with Gasteiger partial charge in [0.2, 0.25) is 0 Å². The van der Waals surface area contributed by atoms with E-state index in [4.69, 9.17) is 9.57 Å². The number of hydrogen-bond acceptors (Lipinski definition) is 4. The van der Waals surface area contributed by atoms with Gasteiger partial charge in [0.1, 0.15) is 0 Å². The Morgan fingerprint density at radius 2 is 1.89 bits per heavy atom. The van der Waals surface area contributed by atoms with Crippen LogP contribution in [-0.2, 0) is 9.57 Å². The molecule has 0 amide bonds. The van der Waals surface area contributed by atoms with Crippen molar-refractivity contribution in [2.24, 2.45) is 11.1 Å². The summed E-state index contributed by atoms with van der Waals surface area (Å²) >= 11 is 0. The van der Waals surface area contributed by atoms with Gasteiger partial charge in [0.25, 0.3) is 0 Å². The third kappa shape index (κ3) is 3.14. The van der Waals surface area contributed by atoms with Crippen LogP contribution in [0.3, 0.4) is 0 Å². The van der Waals surface area contributed by atoms with E-state index in [1.54, 1.807) is 0 Å². The van der Waals surface area contributed by atoms with Crippen molar-refractivity contribution >= 4 is 5.71 Å². The summed E-state index contributed by atoms with van der Waals surface area (Å²) in [5.74, 6) is 0.490. The van der Waals surface area contributed by atoms with Crippen molar-refractivity contribution in [2.45, 2.75) is 18.9 Å². The fourth-order valence-electron chi connectivity index (χ4n) is 2.47. The standard InChI is InChI=1S/C15H20N2O2/c1-2-4-12(5-3-1)15(13-6-8-16-9-7-13)17-19-14-10-18-11-14/h1-5,13-14,16H,6-11H2/b17-15+. The van der Waals surface area contributed by atoms with Crippen LogP contribution >= 0.6 is 0 Å². The third-order valence-corrected chi connectivity index (χ3v) is 3.70. The van der Waals surface area contributed by atoms with E-state index in [0.29, 0.717) is 19.1 Å². The average Bonchev–Trinajstić information content (AvgIpc) is 2.43. The van der Waals surface area contributed by atoms with Crippen molar-refractivity contribution in [1.29, 1.82) is 0 Å². The fraction of sp³-hybridized carbons (Fsp3) is 0.533. The Labute approximate surface area is 113 Å². The molecule has 0 unspecified atom stereocenters. The van der Waals surface area contributed by atoms with Crippen LogP contribution in [0.2, 0.25) is 0 Å². The van der Waals surface area contributed by atoms with Gasteiger partial charge < -0.3 is 14.9 Å². The van der Waals surface area contributed by atoms with E-state index in [1.165, 1.54) is 5.56 Å². The van der Waals surface area contributed by atoms with E-state index in [9.17, 15) is 0 Å². The van der Waals surface area contributed by atoms with E-state index in [-0.39, 0.29) is 6.10 Å². The second kappa shape index (κ2) is 6.17. The minimum atomic E-state index is 0.139. The summed E-state index contributed by atoms with van der Waals surface area (Å²) in [7, 11) is 0. The molecule has 0 aliphatic carbocycles. The summed E-state index contributed by atoms with van der Waals surface area (Å²) in [5.41, 5.74) is 2.27. The van der Waals surface area contributed by atoms with Crippen LogP contribution in [0.5, 0.6) is 0 Å². The van der Waals surface area contributed by atoms with E-state index in [0.717, 1.165) is 31.6 Å². The lowest BCUT2D eigenvalue weighted by molar-refractivity contribution is -0.129. The van der Waals surface area contributed by atoms with Crippen LogP contribution in [0.15, 0.2) is 35.5 Å². The van der Waals surface area contributed by atoms with Gasteiger partial charge in [0.05, 0.1) is 18.9 Å². The van der Waals surface area contributed by atoms with Crippen LogP contribution in [-0.4, -0.2) is 38.1 Å². The van der Waals surface area contributed by atoms with E-state index in [1.807, 2.05) is 6.07 Å². The number of ether oxygens (including phenoxy) is 1. The van der Waals surface area contributed by atoms with Gasteiger partial charge in [0, 0.05) is 5.92 Å². The highest BCUT2D eigenvalue weighted by atomic mass is 16.7. The summed E-state index contributed by atoms with van der Waals surface area (Å²) in [6.45, 7) is 3.45. The summed E-state index contributed by atoms with van der Waals surface area (Å²) in [6, 6.07) is 10.4. The minimum Gasteiger partial charge on any atom is -0.387 e. The van der Waals surface area contributed by atoms with Crippen molar-refractivity contribution in [3.05, 3.63) is 35.9 Å². The second-order valence-electron chi connectivity index (χ2n) is 5.13. The van der Waals surface area contributed by atoms with Crippen molar-refractivity contribution in [3.63, 3.8) is 0 Å². The van der Waals surface area contributed by atoms with Gasteiger partial charge in [0.15, 0.2) is 6.10 Å². The number of benzene rings is 1. The molecule has 3 rings (SSSR count). The van der Waals surface area contributed by atoms with Crippen molar-refractivity contribution in [3.8, 4) is 0 Å². The molecule has 0 atom stereocenters. The minimum absolute atomic E-state index is 0.139. The van der Waals surface area contributed by atoms with Crippen LogP contribution in [0, 0.1) is 5.92 Å². The maximum atomic E-state index is 5.59. The maximum absolute atomic E-state index is 5.59. The van der Waals surface area contributed by atoms with Gasteiger partial charge in [-0.25, -0.2) is 0 Å². The first-order valence-electron chi connectivity index (χ1n) is 7.01. The van der Waals surface area contributed by atoms with Crippen LogP contribution in [0.4, 0.5) is 0 Å². The number of nitrogens with zero attached hydrogens (tertiary/aromatic N) is 1. The zero-order valence-corrected chi connectivity index (χ0v) is 11.0. The molecule has 19 heavy (non-hydrogen) atoms. The van der Waals surface area contributed by atoms with E-state index < -0.39 is 0 Å². The molecule has 2 aliphatic rings. The monoisotopic (exact) mass is 260 g/mol. The molecule has 4 nitrogen and oxygen atoms in total. The molecule has 2 fully saturated rings. The number of piperidine rings is 1. The molecule has 1 aromatic rings. The molecule has 0 aromatic heterocycles. The van der Waals surface area contributed by atoms with Crippen molar-refractivity contribution in [1.82, 2.24) is 5.32 Å². The molecular formula is C15H20N2O2. The second-order valence-corrected chi connectivity index (χ2v) is 5.13. The first-order valence-corrected chi connectivity index (χ1v) is 7.01. The number of nitrogens with one attached hydrogen (secondary N) is 1. The van der Waals surface area contributed by atoms with E-state index in [2.05, 4.69) is 34.7 Å². The molecule has 0 spiro atoms. The molecule has 102 valence electrons. The normalized spacial score (nSPS) is 22.0. The van der Waals surface area contributed by atoms with Crippen LogP contribution in [0.25, 0.3) is 0 Å². The lowest BCUT2D eigenvalue weighted by Crippen LogP contribution is -2.36. The number of hydrogen-bond donors (Lipinski definition) is 1. The number of oxime groups is 1. The highest BCUT2D eigenvalue weighted by Gasteiger charge is 2.24. The van der Waals surface area contributed by atoms with Crippen molar-refractivity contribution in [2.75, 3.05) is 26.3 Å². The first-order chi connectivity index (χ1) is 9.43. The Morgan fingerprint density at radius 3 is 2.53 bits per heavy atom. The van der Waals surface area contributed by atoms with Crippen molar-refractivity contribution < 1.29 is 9.57 Å². The summed E-state index contributed by atoms with van der Waals surface area (Å²) < 4.78 is 5.11. The Morgan fingerprint density at radius 1 is 1.16 bits per heavy atom. The molecule has 1 aromatic carbocycles. The molecule has 2 saturated heterocycles. The average molecular weight is 260 g/mol. The highest BCUT2D eigenvalue weighted by Crippen LogP contribution is 2.20. The highest BCUT2D eigenvalue weighted by molar-refractivity contribution is 6.02. The predicted molar refractivity (Wildman–Crippen MR) is 74.3 cm³/mol. The topological polar surface area (TPSA) is 42.9 Å². The largest absolute Gasteiger partial charge is 0.387 e. The molecular weight excluding hydrogens is 240 g/mol. The van der Waals surface area contributed by atoms with Gasteiger partial charge in [-0.05, 0) is 31.5 Å². The Balaban J connectivity index is 1.77. The Kier molecular flexibility index (Phi) is 4.10. The molecule has 0 bridgehead atoms. The van der Waals surface area contributed by atoms with Gasteiger partial charge in [-0.1, -0.05) is 35.5 Å². The lowest BCUT2D eigenvalue weighted by Gasteiger charge is -2.27. The molecule has 2 heterocycles. The number of rotatable bonds is 4.